The molecule has 4 aliphatic rings. The molecule has 5 rings (SSSR count). The Morgan fingerprint density at radius 2 is 1.90 bits per heavy atom. The highest BCUT2D eigenvalue weighted by atomic mass is 16.3. The van der Waals surface area contributed by atoms with Crippen molar-refractivity contribution < 1.29 is 5.11 Å². The van der Waals surface area contributed by atoms with Crippen LogP contribution < -0.4 is 0 Å². The van der Waals surface area contributed by atoms with Crippen molar-refractivity contribution in [1.82, 2.24) is 9.55 Å². The van der Waals surface area contributed by atoms with Crippen molar-refractivity contribution in [2.24, 2.45) is 28.6 Å². The molecule has 0 amide bonds. The number of nitrogens with zero attached hydrogens (tertiary/aromatic N) is 2. The summed E-state index contributed by atoms with van der Waals surface area (Å²) in [6, 6.07) is 0. The van der Waals surface area contributed by atoms with Crippen LogP contribution in [0.3, 0.4) is 0 Å². The molecule has 3 nitrogen and oxygen atoms in total. The first kappa shape index (κ1) is 19.1. The summed E-state index contributed by atoms with van der Waals surface area (Å²) in [6.07, 6.45) is 18.4. The number of allylic oxidation sites excluding steroid dienone is 3. The van der Waals surface area contributed by atoms with Gasteiger partial charge in [0.1, 0.15) is 6.33 Å². The summed E-state index contributed by atoms with van der Waals surface area (Å²) in [5.74, 6) is 2.23. The Morgan fingerprint density at radius 3 is 2.66 bits per heavy atom. The number of hydrogen-bond acceptors (Lipinski definition) is 2. The Hall–Kier alpha value is -1.87. The third kappa shape index (κ3) is 2.56. The van der Waals surface area contributed by atoms with E-state index in [0.29, 0.717) is 11.3 Å². The van der Waals surface area contributed by atoms with Crippen LogP contribution >= 0.6 is 0 Å². The maximum absolute atomic E-state index is 10.2. The van der Waals surface area contributed by atoms with Crippen LogP contribution in [0.1, 0.15) is 70.2 Å². The normalized spacial score (nSPS) is 40.9. The first-order valence-corrected chi connectivity index (χ1v) is 11.3. The number of rotatable bonds is 3. The van der Waals surface area contributed by atoms with Crippen molar-refractivity contribution >= 4 is 17.8 Å². The lowest BCUT2D eigenvalue weighted by Gasteiger charge is -2.58. The minimum atomic E-state index is -0.221. The van der Waals surface area contributed by atoms with E-state index in [9.17, 15) is 5.11 Å². The van der Waals surface area contributed by atoms with E-state index < -0.39 is 0 Å². The van der Waals surface area contributed by atoms with E-state index in [2.05, 4.69) is 48.7 Å². The zero-order valence-corrected chi connectivity index (χ0v) is 17.9. The van der Waals surface area contributed by atoms with Gasteiger partial charge >= 0.3 is 0 Å². The van der Waals surface area contributed by atoms with Crippen molar-refractivity contribution in [2.75, 3.05) is 0 Å². The van der Waals surface area contributed by atoms with Crippen LogP contribution in [0, 0.1) is 28.6 Å². The van der Waals surface area contributed by atoms with Gasteiger partial charge in [-0.15, -0.1) is 0 Å². The Morgan fingerprint density at radius 1 is 1.10 bits per heavy atom. The molecule has 6 atom stereocenters. The van der Waals surface area contributed by atoms with Crippen molar-refractivity contribution in [3.05, 3.63) is 48.6 Å². The zero-order chi connectivity index (χ0) is 20.4. The monoisotopic (exact) mass is 390 g/mol. The third-order valence-electron chi connectivity index (χ3n) is 9.11. The van der Waals surface area contributed by atoms with Crippen LogP contribution in [-0.4, -0.2) is 20.8 Å². The summed E-state index contributed by atoms with van der Waals surface area (Å²) in [7, 11) is 0. The predicted octanol–water partition coefficient (Wildman–Crippen LogP) is 5.94. The molecule has 1 heterocycles. The Kier molecular flexibility index (Phi) is 4.33. The van der Waals surface area contributed by atoms with Crippen molar-refractivity contribution in [1.29, 1.82) is 0 Å². The molecular formula is C26H34N2O. The lowest BCUT2D eigenvalue weighted by molar-refractivity contribution is -0.0294. The van der Waals surface area contributed by atoms with Crippen LogP contribution in [0.15, 0.2) is 37.2 Å². The van der Waals surface area contributed by atoms with E-state index in [1.54, 1.807) is 5.57 Å². The molecule has 0 radical (unpaired) electrons. The van der Waals surface area contributed by atoms with Gasteiger partial charge in [0.2, 0.25) is 0 Å². The fourth-order valence-electron chi connectivity index (χ4n) is 7.55. The Labute approximate surface area is 174 Å². The van der Waals surface area contributed by atoms with Crippen LogP contribution in [0.25, 0.3) is 17.8 Å². The van der Waals surface area contributed by atoms with Gasteiger partial charge in [-0.25, -0.2) is 4.98 Å². The SMILES string of the molecule is C=Cc1ncn(C2=CCC3C4CCC5=C[C@@H](O)CC[C@]5(C)C4CC[C@]23C)c1C=C. The number of hydrogen-bond donors (Lipinski definition) is 1. The van der Waals surface area contributed by atoms with E-state index in [1.807, 2.05) is 18.5 Å². The van der Waals surface area contributed by atoms with Gasteiger partial charge in [0, 0.05) is 11.1 Å². The maximum atomic E-state index is 10.2. The smallest absolute Gasteiger partial charge is 0.100 e. The molecule has 0 aliphatic heterocycles. The van der Waals surface area contributed by atoms with E-state index in [0.717, 1.165) is 36.1 Å². The molecule has 0 aromatic carbocycles. The van der Waals surface area contributed by atoms with Crippen molar-refractivity contribution in [2.45, 2.75) is 64.9 Å². The number of fused-ring (bicyclic) bond motifs is 5. The third-order valence-corrected chi connectivity index (χ3v) is 9.11. The highest BCUT2D eigenvalue weighted by Crippen LogP contribution is 2.66. The lowest BCUT2D eigenvalue weighted by atomic mass is 9.47. The average Bonchev–Trinajstić information content (AvgIpc) is 3.27. The molecule has 3 heteroatoms. The average molecular weight is 391 g/mol. The number of aromatic nitrogens is 2. The second-order valence-electron chi connectivity index (χ2n) is 10.2. The fourth-order valence-corrected chi connectivity index (χ4v) is 7.55. The first-order valence-electron chi connectivity index (χ1n) is 11.3. The summed E-state index contributed by atoms with van der Waals surface area (Å²) in [4.78, 5) is 4.57. The largest absolute Gasteiger partial charge is 0.389 e. The number of imidazole rings is 1. The molecule has 1 N–H and O–H groups in total. The van der Waals surface area contributed by atoms with E-state index in [4.69, 9.17) is 0 Å². The molecule has 0 saturated heterocycles. The van der Waals surface area contributed by atoms with Gasteiger partial charge in [0.25, 0.3) is 0 Å². The zero-order valence-electron chi connectivity index (χ0n) is 17.9. The number of aliphatic hydroxyl groups excluding tert-OH is 1. The summed E-state index contributed by atoms with van der Waals surface area (Å²) in [6.45, 7) is 12.9. The van der Waals surface area contributed by atoms with Gasteiger partial charge in [-0.05, 0) is 80.3 Å². The van der Waals surface area contributed by atoms with Gasteiger partial charge in [-0.2, -0.15) is 0 Å². The lowest BCUT2D eigenvalue weighted by Crippen LogP contribution is -2.50. The fraction of sp³-hybridized carbons (Fsp3) is 0.577. The van der Waals surface area contributed by atoms with E-state index >= 15 is 0 Å². The molecule has 2 fully saturated rings. The van der Waals surface area contributed by atoms with Gasteiger partial charge in [0.05, 0.1) is 17.5 Å². The maximum Gasteiger partial charge on any atom is 0.100 e. The van der Waals surface area contributed by atoms with Crippen molar-refractivity contribution in [3.8, 4) is 0 Å². The molecular weight excluding hydrogens is 356 g/mol. The summed E-state index contributed by atoms with van der Waals surface area (Å²) >= 11 is 0. The molecule has 0 spiro atoms. The molecule has 2 saturated carbocycles. The Bertz CT molecular complexity index is 921. The molecule has 4 aliphatic carbocycles. The van der Waals surface area contributed by atoms with Gasteiger partial charge in [-0.1, -0.05) is 44.7 Å². The molecule has 1 aromatic rings. The quantitative estimate of drug-likeness (QED) is 0.648. The Balaban J connectivity index is 1.49. The minimum absolute atomic E-state index is 0.198. The van der Waals surface area contributed by atoms with Crippen LogP contribution in [0.2, 0.25) is 0 Å². The van der Waals surface area contributed by atoms with Gasteiger partial charge < -0.3 is 9.67 Å². The molecule has 154 valence electrons. The second-order valence-corrected chi connectivity index (χ2v) is 10.2. The van der Waals surface area contributed by atoms with Crippen molar-refractivity contribution in [3.63, 3.8) is 0 Å². The van der Waals surface area contributed by atoms with Crippen LogP contribution in [0.4, 0.5) is 0 Å². The highest BCUT2D eigenvalue weighted by molar-refractivity contribution is 5.66. The first-order chi connectivity index (χ1) is 13.9. The molecule has 1 aromatic heterocycles. The summed E-state index contributed by atoms with van der Waals surface area (Å²) in [5, 5.41) is 10.2. The predicted molar refractivity (Wildman–Crippen MR) is 120 cm³/mol. The molecule has 0 bridgehead atoms. The van der Waals surface area contributed by atoms with E-state index in [-0.39, 0.29) is 11.5 Å². The van der Waals surface area contributed by atoms with Crippen LogP contribution in [-0.2, 0) is 0 Å². The highest BCUT2D eigenvalue weighted by Gasteiger charge is 2.57. The summed E-state index contributed by atoms with van der Waals surface area (Å²) < 4.78 is 2.27. The standard InChI is InChI=1S/C26H34N2O/c1-5-22-23(6-2)28(16-27-22)24-10-9-20-19-8-7-17-15-18(29)11-13-25(17,3)21(19)12-14-26(20,24)4/h5-6,10,15-16,18-21,29H,1-2,7-9,11-14H2,3-4H3/t18-,19?,20?,21?,25-,26-/m0/s1. The summed E-state index contributed by atoms with van der Waals surface area (Å²) in [5.41, 5.74) is 5.45. The minimum Gasteiger partial charge on any atom is -0.389 e. The topological polar surface area (TPSA) is 38.0 Å². The number of aliphatic hydroxyl groups is 1. The molecule has 3 unspecified atom stereocenters. The van der Waals surface area contributed by atoms with Gasteiger partial charge in [0.15, 0.2) is 0 Å². The molecule has 29 heavy (non-hydrogen) atoms. The van der Waals surface area contributed by atoms with Crippen LogP contribution in [0.5, 0.6) is 0 Å². The van der Waals surface area contributed by atoms with E-state index in [1.165, 1.54) is 37.8 Å². The van der Waals surface area contributed by atoms with Gasteiger partial charge in [-0.3, -0.25) is 0 Å². The second kappa shape index (κ2) is 6.57.